The van der Waals surface area contributed by atoms with Crippen molar-refractivity contribution in [3.05, 3.63) is 35.9 Å². The number of likely N-dealkylation sites (N-methyl/N-ethyl adjacent to an activating group) is 1. The van der Waals surface area contributed by atoms with Gasteiger partial charge in [-0.2, -0.15) is 0 Å². The van der Waals surface area contributed by atoms with Crippen LogP contribution in [0.25, 0.3) is 0 Å². The molecule has 0 aliphatic carbocycles. The molecule has 1 N–H and O–H groups in total. The van der Waals surface area contributed by atoms with E-state index < -0.39 is 0 Å². The second kappa shape index (κ2) is 8.36. The van der Waals surface area contributed by atoms with Crippen LogP contribution in [0.1, 0.15) is 12.5 Å². The van der Waals surface area contributed by atoms with Gasteiger partial charge in [0.25, 0.3) is 0 Å². The third kappa shape index (κ3) is 5.92. The molecule has 0 aliphatic rings. The van der Waals surface area contributed by atoms with Crippen LogP contribution in [0.2, 0.25) is 0 Å². The van der Waals surface area contributed by atoms with E-state index in [9.17, 15) is 0 Å². The molecule has 1 aromatic carbocycles. The molecule has 0 amide bonds. The minimum Gasteiger partial charge on any atom is -0.317 e. The Kier molecular flexibility index (Phi) is 9.80. The molecular weight excluding hydrogens is 205 g/mol. The van der Waals surface area contributed by atoms with Crippen molar-refractivity contribution < 1.29 is 0 Å². The Morgan fingerprint density at radius 2 is 1.69 bits per heavy atom. The number of halogens is 2. The van der Waals surface area contributed by atoms with Crippen LogP contribution in [0.3, 0.4) is 0 Å². The van der Waals surface area contributed by atoms with E-state index >= 15 is 0 Å². The first-order chi connectivity index (χ1) is 5.33. The van der Waals surface area contributed by atoms with Crippen molar-refractivity contribution in [3.63, 3.8) is 0 Å². The molecule has 1 aromatic rings. The van der Waals surface area contributed by atoms with Crippen LogP contribution in [-0.4, -0.2) is 13.1 Å². The lowest BCUT2D eigenvalue weighted by atomic mass is 10.1. The molecular formula is C10H17Cl2N. The minimum atomic E-state index is 0. The Hall–Kier alpha value is -0.240. The zero-order chi connectivity index (χ0) is 8.10. The molecule has 0 saturated carbocycles. The van der Waals surface area contributed by atoms with Crippen molar-refractivity contribution >= 4 is 24.8 Å². The van der Waals surface area contributed by atoms with Crippen LogP contribution < -0.4 is 5.32 Å². The van der Waals surface area contributed by atoms with Crippen LogP contribution in [0.15, 0.2) is 30.3 Å². The molecule has 1 rings (SSSR count). The maximum Gasteiger partial charge on any atom is 0.00761 e. The summed E-state index contributed by atoms with van der Waals surface area (Å²) in [7, 11) is 1.99. The molecule has 3 heteroatoms. The van der Waals surface area contributed by atoms with E-state index in [1.165, 1.54) is 5.56 Å². The van der Waals surface area contributed by atoms with E-state index in [0.717, 1.165) is 6.42 Å². The Morgan fingerprint density at radius 1 is 1.15 bits per heavy atom. The highest BCUT2D eigenvalue weighted by molar-refractivity contribution is 5.85. The topological polar surface area (TPSA) is 12.0 Å². The molecule has 0 aromatic heterocycles. The molecule has 0 bridgehead atoms. The lowest BCUT2D eigenvalue weighted by Crippen LogP contribution is -2.23. The zero-order valence-corrected chi connectivity index (χ0v) is 9.62. The predicted molar refractivity (Wildman–Crippen MR) is 63.2 cm³/mol. The first-order valence-corrected chi connectivity index (χ1v) is 4.04. The van der Waals surface area contributed by atoms with Gasteiger partial charge in [0.15, 0.2) is 0 Å². The molecule has 13 heavy (non-hydrogen) atoms. The molecule has 0 fully saturated rings. The number of rotatable bonds is 3. The van der Waals surface area contributed by atoms with Gasteiger partial charge < -0.3 is 5.32 Å². The zero-order valence-electron chi connectivity index (χ0n) is 7.99. The second-order valence-electron chi connectivity index (χ2n) is 2.88. The molecule has 0 unspecified atom stereocenters. The standard InChI is InChI=1S/C10H15N.2ClH/c1-9(11-2)8-10-6-4-3-5-7-10;;/h3-7,9,11H,8H2,1-2H3;2*1H/t9-;;/m1../s1. The SMILES string of the molecule is CN[C@H](C)Cc1ccccc1.Cl.Cl. The second-order valence-corrected chi connectivity index (χ2v) is 2.88. The summed E-state index contributed by atoms with van der Waals surface area (Å²) in [6.07, 6.45) is 1.11. The highest BCUT2D eigenvalue weighted by atomic mass is 35.5. The average molecular weight is 222 g/mol. The summed E-state index contributed by atoms with van der Waals surface area (Å²) in [5, 5.41) is 3.21. The van der Waals surface area contributed by atoms with Gasteiger partial charge >= 0.3 is 0 Å². The van der Waals surface area contributed by atoms with Gasteiger partial charge in [-0.15, -0.1) is 24.8 Å². The van der Waals surface area contributed by atoms with Gasteiger partial charge in [0.1, 0.15) is 0 Å². The highest BCUT2D eigenvalue weighted by Crippen LogP contribution is 2.01. The third-order valence-electron chi connectivity index (χ3n) is 1.88. The summed E-state index contributed by atoms with van der Waals surface area (Å²) >= 11 is 0. The van der Waals surface area contributed by atoms with Gasteiger partial charge in [0, 0.05) is 6.04 Å². The Balaban J connectivity index is 0. The van der Waals surface area contributed by atoms with Crippen LogP contribution in [0.4, 0.5) is 0 Å². The fourth-order valence-corrected chi connectivity index (χ4v) is 1.07. The summed E-state index contributed by atoms with van der Waals surface area (Å²) < 4.78 is 0. The van der Waals surface area contributed by atoms with E-state index in [-0.39, 0.29) is 24.8 Å². The van der Waals surface area contributed by atoms with E-state index in [1.54, 1.807) is 0 Å². The van der Waals surface area contributed by atoms with E-state index in [2.05, 4.69) is 36.5 Å². The summed E-state index contributed by atoms with van der Waals surface area (Å²) in [5.41, 5.74) is 1.40. The molecule has 0 radical (unpaired) electrons. The fourth-order valence-electron chi connectivity index (χ4n) is 1.07. The van der Waals surface area contributed by atoms with Crippen molar-refractivity contribution in [1.82, 2.24) is 5.32 Å². The monoisotopic (exact) mass is 221 g/mol. The summed E-state index contributed by atoms with van der Waals surface area (Å²) in [5.74, 6) is 0. The average Bonchev–Trinajstić information content (AvgIpc) is 2.06. The summed E-state index contributed by atoms with van der Waals surface area (Å²) in [6.45, 7) is 2.19. The Bertz CT molecular complexity index is 201. The predicted octanol–water partition coefficient (Wildman–Crippen LogP) is 2.68. The van der Waals surface area contributed by atoms with Gasteiger partial charge in [-0.3, -0.25) is 0 Å². The van der Waals surface area contributed by atoms with E-state index in [4.69, 9.17) is 0 Å². The summed E-state index contributed by atoms with van der Waals surface area (Å²) in [4.78, 5) is 0. The van der Waals surface area contributed by atoms with Crippen molar-refractivity contribution in [3.8, 4) is 0 Å². The molecule has 0 saturated heterocycles. The largest absolute Gasteiger partial charge is 0.317 e. The lowest BCUT2D eigenvalue weighted by Gasteiger charge is -2.08. The normalized spacial score (nSPS) is 10.9. The van der Waals surface area contributed by atoms with E-state index in [0.29, 0.717) is 6.04 Å². The van der Waals surface area contributed by atoms with Gasteiger partial charge in [0.2, 0.25) is 0 Å². The maximum atomic E-state index is 3.21. The Morgan fingerprint density at radius 3 is 2.15 bits per heavy atom. The Labute approximate surface area is 92.7 Å². The van der Waals surface area contributed by atoms with Gasteiger partial charge in [-0.05, 0) is 26.0 Å². The molecule has 0 heterocycles. The highest BCUT2D eigenvalue weighted by Gasteiger charge is 1.97. The maximum absolute atomic E-state index is 3.21. The lowest BCUT2D eigenvalue weighted by molar-refractivity contribution is 0.608. The van der Waals surface area contributed by atoms with Crippen LogP contribution in [0.5, 0.6) is 0 Å². The molecule has 76 valence electrons. The number of benzene rings is 1. The fraction of sp³-hybridized carbons (Fsp3) is 0.400. The van der Waals surface area contributed by atoms with Crippen molar-refractivity contribution in [2.45, 2.75) is 19.4 Å². The van der Waals surface area contributed by atoms with Gasteiger partial charge in [0.05, 0.1) is 0 Å². The molecule has 1 atom stereocenters. The van der Waals surface area contributed by atoms with Gasteiger partial charge in [-0.25, -0.2) is 0 Å². The number of hydrogen-bond donors (Lipinski definition) is 1. The molecule has 0 aliphatic heterocycles. The van der Waals surface area contributed by atoms with Crippen molar-refractivity contribution in [1.29, 1.82) is 0 Å². The van der Waals surface area contributed by atoms with Crippen LogP contribution in [-0.2, 0) is 6.42 Å². The smallest absolute Gasteiger partial charge is 0.00761 e. The number of nitrogens with one attached hydrogen (secondary N) is 1. The van der Waals surface area contributed by atoms with Gasteiger partial charge in [-0.1, -0.05) is 30.3 Å². The van der Waals surface area contributed by atoms with Crippen molar-refractivity contribution in [2.75, 3.05) is 7.05 Å². The molecule has 1 nitrogen and oxygen atoms in total. The first kappa shape index (κ1) is 15.2. The first-order valence-electron chi connectivity index (χ1n) is 4.04. The van der Waals surface area contributed by atoms with Crippen LogP contribution in [0, 0.1) is 0 Å². The summed E-state index contributed by atoms with van der Waals surface area (Å²) in [6, 6.07) is 11.1. The van der Waals surface area contributed by atoms with Crippen LogP contribution >= 0.6 is 24.8 Å². The molecule has 0 spiro atoms. The van der Waals surface area contributed by atoms with E-state index in [1.807, 2.05) is 13.1 Å². The third-order valence-corrected chi connectivity index (χ3v) is 1.88. The minimum absolute atomic E-state index is 0. The van der Waals surface area contributed by atoms with Crippen molar-refractivity contribution in [2.24, 2.45) is 0 Å². The number of hydrogen-bond acceptors (Lipinski definition) is 1. The quantitative estimate of drug-likeness (QED) is 0.829.